The Balaban J connectivity index is 2.95. The van der Waals surface area contributed by atoms with Crippen molar-refractivity contribution in [2.45, 2.75) is 13.3 Å². The van der Waals surface area contributed by atoms with Crippen LogP contribution in [0.5, 0.6) is 5.75 Å². The Morgan fingerprint density at radius 3 is 2.48 bits per heavy atom. The highest BCUT2D eigenvalue weighted by Gasteiger charge is 2.17. The second-order valence-corrected chi connectivity index (χ2v) is 4.44. The van der Waals surface area contributed by atoms with Crippen LogP contribution in [0.15, 0.2) is 6.33 Å². The SMILES string of the molecule is CCNc1ncnc(N(CCCOC)CCOC)c1OC. The van der Waals surface area contributed by atoms with Crippen molar-refractivity contribution in [3.63, 3.8) is 0 Å². The fraction of sp³-hybridized carbons (Fsp3) is 0.714. The van der Waals surface area contributed by atoms with Crippen LogP contribution in [0, 0.1) is 0 Å². The summed E-state index contributed by atoms with van der Waals surface area (Å²) >= 11 is 0. The van der Waals surface area contributed by atoms with Gasteiger partial charge in [-0.15, -0.1) is 0 Å². The third-order valence-corrected chi connectivity index (χ3v) is 2.97. The highest BCUT2D eigenvalue weighted by molar-refractivity contribution is 5.64. The van der Waals surface area contributed by atoms with E-state index in [1.54, 1.807) is 27.7 Å². The summed E-state index contributed by atoms with van der Waals surface area (Å²) in [4.78, 5) is 10.7. The number of aromatic nitrogens is 2. The first-order valence-corrected chi connectivity index (χ1v) is 7.14. The van der Waals surface area contributed by atoms with Crippen molar-refractivity contribution in [3.8, 4) is 5.75 Å². The lowest BCUT2D eigenvalue weighted by Gasteiger charge is -2.25. The van der Waals surface area contributed by atoms with Gasteiger partial charge in [0.15, 0.2) is 11.6 Å². The Kier molecular flexibility index (Phi) is 8.45. The smallest absolute Gasteiger partial charge is 0.204 e. The molecule has 7 heteroatoms. The maximum absolute atomic E-state index is 5.50. The molecule has 1 aromatic rings. The Morgan fingerprint density at radius 1 is 1.10 bits per heavy atom. The van der Waals surface area contributed by atoms with E-state index in [4.69, 9.17) is 14.2 Å². The van der Waals surface area contributed by atoms with Gasteiger partial charge in [-0.2, -0.15) is 0 Å². The highest BCUT2D eigenvalue weighted by atomic mass is 16.5. The molecular weight excluding hydrogens is 272 g/mol. The highest BCUT2D eigenvalue weighted by Crippen LogP contribution is 2.31. The van der Waals surface area contributed by atoms with Crippen LogP contribution in [0.25, 0.3) is 0 Å². The zero-order valence-electron chi connectivity index (χ0n) is 13.4. The maximum atomic E-state index is 5.50. The average molecular weight is 298 g/mol. The normalized spacial score (nSPS) is 10.5. The van der Waals surface area contributed by atoms with E-state index in [1.807, 2.05) is 6.92 Å². The molecule has 21 heavy (non-hydrogen) atoms. The standard InChI is InChI=1S/C14H26N4O3/c1-5-15-13-12(21-4)14(17-11-16-13)18(8-10-20-3)7-6-9-19-2/h11H,5-10H2,1-4H3,(H,15,16,17). The minimum absolute atomic E-state index is 0.622. The average Bonchev–Trinajstić information content (AvgIpc) is 2.51. The third kappa shape index (κ3) is 5.35. The monoisotopic (exact) mass is 298 g/mol. The first kappa shape index (κ1) is 17.5. The van der Waals surface area contributed by atoms with E-state index in [1.165, 1.54) is 0 Å². The Morgan fingerprint density at radius 2 is 1.86 bits per heavy atom. The van der Waals surface area contributed by atoms with Crippen molar-refractivity contribution in [2.24, 2.45) is 0 Å². The van der Waals surface area contributed by atoms with Crippen LogP contribution in [-0.2, 0) is 9.47 Å². The molecule has 0 amide bonds. The third-order valence-electron chi connectivity index (χ3n) is 2.97. The molecule has 7 nitrogen and oxygen atoms in total. The molecule has 0 radical (unpaired) electrons. The zero-order valence-corrected chi connectivity index (χ0v) is 13.4. The van der Waals surface area contributed by atoms with E-state index in [0.29, 0.717) is 24.8 Å². The van der Waals surface area contributed by atoms with E-state index in [0.717, 1.165) is 31.9 Å². The largest absolute Gasteiger partial charge is 0.490 e. The molecule has 1 heterocycles. The molecule has 0 saturated heterocycles. The van der Waals surface area contributed by atoms with Gasteiger partial charge < -0.3 is 24.4 Å². The van der Waals surface area contributed by atoms with Gasteiger partial charge in [-0.3, -0.25) is 0 Å². The molecule has 0 fully saturated rings. The molecule has 0 aliphatic rings. The summed E-state index contributed by atoms with van der Waals surface area (Å²) in [6, 6.07) is 0. The van der Waals surface area contributed by atoms with Gasteiger partial charge in [-0.05, 0) is 13.3 Å². The fourth-order valence-electron chi connectivity index (χ4n) is 2.00. The summed E-state index contributed by atoms with van der Waals surface area (Å²) in [5.41, 5.74) is 0. The molecule has 1 N–H and O–H groups in total. The van der Waals surface area contributed by atoms with Crippen molar-refractivity contribution < 1.29 is 14.2 Å². The first-order chi connectivity index (χ1) is 10.3. The summed E-state index contributed by atoms with van der Waals surface area (Å²) in [6.07, 6.45) is 2.45. The minimum atomic E-state index is 0.622. The van der Waals surface area contributed by atoms with Crippen LogP contribution < -0.4 is 15.0 Å². The predicted octanol–water partition coefficient (Wildman–Crippen LogP) is 1.41. The topological polar surface area (TPSA) is 68.7 Å². The van der Waals surface area contributed by atoms with Crippen molar-refractivity contribution in [3.05, 3.63) is 6.33 Å². The van der Waals surface area contributed by atoms with Gasteiger partial charge >= 0.3 is 0 Å². The molecule has 0 aliphatic carbocycles. The molecule has 0 aliphatic heterocycles. The zero-order chi connectivity index (χ0) is 15.5. The number of rotatable bonds is 11. The van der Waals surface area contributed by atoms with E-state index in [2.05, 4.69) is 20.2 Å². The number of nitrogens with one attached hydrogen (secondary N) is 1. The van der Waals surface area contributed by atoms with Crippen LogP contribution in [0.3, 0.4) is 0 Å². The quantitative estimate of drug-likeness (QED) is 0.619. The second-order valence-electron chi connectivity index (χ2n) is 4.44. The van der Waals surface area contributed by atoms with Crippen LogP contribution >= 0.6 is 0 Å². The maximum Gasteiger partial charge on any atom is 0.204 e. The lowest BCUT2D eigenvalue weighted by atomic mass is 10.3. The Bertz CT molecular complexity index is 404. The molecule has 0 unspecified atom stereocenters. The van der Waals surface area contributed by atoms with Crippen molar-refractivity contribution in [1.29, 1.82) is 0 Å². The number of nitrogens with zero attached hydrogens (tertiary/aromatic N) is 3. The van der Waals surface area contributed by atoms with Gasteiger partial charge in [-0.1, -0.05) is 0 Å². The van der Waals surface area contributed by atoms with E-state index >= 15 is 0 Å². The lowest BCUT2D eigenvalue weighted by molar-refractivity contribution is 0.190. The first-order valence-electron chi connectivity index (χ1n) is 7.14. The molecule has 0 saturated carbocycles. The van der Waals surface area contributed by atoms with Crippen LogP contribution in [0.1, 0.15) is 13.3 Å². The number of hydrogen-bond donors (Lipinski definition) is 1. The molecule has 0 atom stereocenters. The predicted molar refractivity (Wildman–Crippen MR) is 83.3 cm³/mol. The van der Waals surface area contributed by atoms with Gasteiger partial charge in [0.05, 0.1) is 13.7 Å². The van der Waals surface area contributed by atoms with Gasteiger partial charge in [0, 0.05) is 40.5 Å². The van der Waals surface area contributed by atoms with E-state index < -0.39 is 0 Å². The van der Waals surface area contributed by atoms with Crippen molar-refractivity contribution >= 4 is 11.6 Å². The van der Waals surface area contributed by atoms with Gasteiger partial charge in [0.2, 0.25) is 5.75 Å². The van der Waals surface area contributed by atoms with Crippen molar-refractivity contribution in [1.82, 2.24) is 9.97 Å². The number of anilines is 2. The van der Waals surface area contributed by atoms with Gasteiger partial charge in [0.25, 0.3) is 0 Å². The summed E-state index contributed by atoms with van der Waals surface area (Å²) in [6.45, 7) is 5.67. The molecule has 120 valence electrons. The second kappa shape index (κ2) is 10.2. The summed E-state index contributed by atoms with van der Waals surface area (Å²) in [7, 11) is 5.02. The Labute approximate surface area is 126 Å². The van der Waals surface area contributed by atoms with Crippen LogP contribution in [-0.4, -0.2) is 64.1 Å². The molecule has 0 aromatic carbocycles. The van der Waals surface area contributed by atoms with Gasteiger partial charge in [0.1, 0.15) is 6.33 Å². The van der Waals surface area contributed by atoms with Crippen LogP contribution in [0.4, 0.5) is 11.6 Å². The van der Waals surface area contributed by atoms with E-state index in [-0.39, 0.29) is 0 Å². The van der Waals surface area contributed by atoms with E-state index in [9.17, 15) is 0 Å². The molecular formula is C14H26N4O3. The fourth-order valence-corrected chi connectivity index (χ4v) is 2.00. The number of methoxy groups -OCH3 is 3. The minimum Gasteiger partial charge on any atom is -0.490 e. The molecule has 0 spiro atoms. The summed E-state index contributed by atoms with van der Waals surface area (Å²) < 4.78 is 15.8. The Hall–Kier alpha value is -1.60. The molecule has 0 bridgehead atoms. The van der Waals surface area contributed by atoms with Gasteiger partial charge in [-0.25, -0.2) is 9.97 Å². The summed E-state index contributed by atoms with van der Waals surface area (Å²) in [5.74, 6) is 2.14. The van der Waals surface area contributed by atoms with Crippen molar-refractivity contribution in [2.75, 3.05) is 64.4 Å². The number of hydrogen-bond acceptors (Lipinski definition) is 7. The summed E-state index contributed by atoms with van der Waals surface area (Å²) in [5, 5.41) is 3.19. The molecule has 1 aromatic heterocycles. The van der Waals surface area contributed by atoms with Crippen LogP contribution in [0.2, 0.25) is 0 Å². The number of ether oxygens (including phenoxy) is 3. The lowest BCUT2D eigenvalue weighted by Crippen LogP contribution is -2.30. The molecule has 1 rings (SSSR count).